The van der Waals surface area contributed by atoms with Crippen LogP contribution in [0.3, 0.4) is 0 Å². The highest BCUT2D eigenvalue weighted by atomic mass is 16.5. The molecular weight excluding hydrogens is 222 g/mol. The largest absolute Gasteiger partial charge is 0.493 e. The predicted molar refractivity (Wildman–Crippen MR) is 76.6 cm³/mol. The van der Waals surface area contributed by atoms with Gasteiger partial charge >= 0.3 is 0 Å². The first-order valence-corrected chi connectivity index (χ1v) is 6.24. The van der Waals surface area contributed by atoms with Gasteiger partial charge in [0.05, 0.1) is 6.61 Å². The van der Waals surface area contributed by atoms with Gasteiger partial charge in [0.15, 0.2) is 0 Å². The molecule has 0 aliphatic heterocycles. The van der Waals surface area contributed by atoms with Crippen molar-refractivity contribution in [3.05, 3.63) is 48.5 Å². The Morgan fingerprint density at radius 3 is 2.44 bits per heavy atom. The first kappa shape index (κ1) is 12.5. The second-order valence-electron chi connectivity index (χ2n) is 4.83. The molecule has 0 bridgehead atoms. The maximum absolute atomic E-state index is 5.85. The Hall–Kier alpha value is -1.96. The summed E-state index contributed by atoms with van der Waals surface area (Å²) in [5, 5.41) is 0. The summed E-state index contributed by atoms with van der Waals surface area (Å²) < 4.78 is 5.85. The van der Waals surface area contributed by atoms with Crippen LogP contribution >= 0.6 is 0 Å². The molecule has 0 saturated heterocycles. The maximum atomic E-state index is 5.85. The zero-order chi connectivity index (χ0) is 13.0. The molecule has 2 heteroatoms. The lowest BCUT2D eigenvalue weighted by Crippen LogP contribution is -2.05. The second-order valence-corrected chi connectivity index (χ2v) is 4.83. The van der Waals surface area contributed by atoms with Crippen LogP contribution in [-0.4, -0.2) is 6.61 Å². The predicted octanol–water partition coefficient (Wildman–Crippen LogP) is 3.97. The summed E-state index contributed by atoms with van der Waals surface area (Å²) in [5.41, 5.74) is 8.80. The zero-order valence-electron chi connectivity index (χ0n) is 10.9. The minimum atomic E-state index is 0.495. The highest BCUT2D eigenvalue weighted by molar-refractivity contribution is 5.72. The van der Waals surface area contributed by atoms with E-state index in [9.17, 15) is 0 Å². The van der Waals surface area contributed by atoms with Crippen molar-refractivity contribution in [1.82, 2.24) is 0 Å². The van der Waals surface area contributed by atoms with Crippen molar-refractivity contribution in [1.29, 1.82) is 0 Å². The van der Waals surface area contributed by atoms with Crippen LogP contribution in [0.4, 0.5) is 5.69 Å². The third-order valence-corrected chi connectivity index (χ3v) is 2.66. The molecule has 2 N–H and O–H groups in total. The standard InChI is InChI=1S/C16H19NO/c1-12(2)11-18-16-10-14(17)8-9-15(16)13-6-4-3-5-7-13/h3-10,12H,11,17H2,1-2H3. The molecular formula is C16H19NO. The molecule has 94 valence electrons. The first-order valence-electron chi connectivity index (χ1n) is 6.24. The van der Waals surface area contributed by atoms with Crippen LogP contribution in [0.2, 0.25) is 0 Å². The van der Waals surface area contributed by atoms with Gasteiger partial charge in [-0.3, -0.25) is 0 Å². The van der Waals surface area contributed by atoms with Gasteiger partial charge in [-0.2, -0.15) is 0 Å². The van der Waals surface area contributed by atoms with E-state index in [1.54, 1.807) is 0 Å². The lowest BCUT2D eigenvalue weighted by molar-refractivity contribution is 0.272. The number of rotatable bonds is 4. The van der Waals surface area contributed by atoms with Crippen LogP contribution in [0.25, 0.3) is 11.1 Å². The number of ether oxygens (including phenoxy) is 1. The molecule has 2 nitrogen and oxygen atoms in total. The molecule has 18 heavy (non-hydrogen) atoms. The molecule has 0 atom stereocenters. The van der Waals surface area contributed by atoms with Crippen LogP contribution in [0, 0.1) is 5.92 Å². The van der Waals surface area contributed by atoms with E-state index in [-0.39, 0.29) is 0 Å². The summed E-state index contributed by atoms with van der Waals surface area (Å²) in [6.07, 6.45) is 0. The van der Waals surface area contributed by atoms with Crippen molar-refractivity contribution in [2.75, 3.05) is 12.3 Å². The Balaban J connectivity index is 2.35. The molecule has 0 spiro atoms. The average Bonchev–Trinajstić information content (AvgIpc) is 2.37. The molecule has 0 aromatic heterocycles. The number of nitrogens with two attached hydrogens (primary N) is 1. The fraction of sp³-hybridized carbons (Fsp3) is 0.250. The number of nitrogen functional groups attached to an aromatic ring is 1. The van der Waals surface area contributed by atoms with E-state index in [1.807, 2.05) is 36.4 Å². The van der Waals surface area contributed by atoms with Gasteiger partial charge in [0.2, 0.25) is 0 Å². The maximum Gasteiger partial charge on any atom is 0.129 e. The average molecular weight is 241 g/mol. The Labute approximate surface area is 108 Å². The van der Waals surface area contributed by atoms with E-state index < -0.39 is 0 Å². The van der Waals surface area contributed by atoms with E-state index in [0.29, 0.717) is 12.5 Å². The monoisotopic (exact) mass is 241 g/mol. The molecule has 0 aliphatic rings. The number of hydrogen-bond acceptors (Lipinski definition) is 2. The summed E-state index contributed by atoms with van der Waals surface area (Å²) in [5.74, 6) is 1.35. The lowest BCUT2D eigenvalue weighted by Gasteiger charge is -2.14. The Morgan fingerprint density at radius 1 is 1.06 bits per heavy atom. The molecule has 0 aliphatic carbocycles. The molecule has 2 aromatic carbocycles. The van der Waals surface area contributed by atoms with Gasteiger partial charge in [-0.05, 0) is 23.6 Å². The van der Waals surface area contributed by atoms with Crippen molar-refractivity contribution in [3.8, 4) is 16.9 Å². The molecule has 0 amide bonds. The van der Waals surface area contributed by atoms with Gasteiger partial charge in [-0.25, -0.2) is 0 Å². The summed E-state index contributed by atoms with van der Waals surface area (Å²) in [6.45, 7) is 4.96. The van der Waals surface area contributed by atoms with Gasteiger partial charge < -0.3 is 10.5 Å². The molecule has 2 aromatic rings. The lowest BCUT2D eigenvalue weighted by atomic mass is 10.0. The highest BCUT2D eigenvalue weighted by Gasteiger charge is 2.07. The van der Waals surface area contributed by atoms with E-state index in [2.05, 4.69) is 26.0 Å². The van der Waals surface area contributed by atoms with Gasteiger partial charge in [0.1, 0.15) is 5.75 Å². The van der Waals surface area contributed by atoms with Crippen molar-refractivity contribution < 1.29 is 4.74 Å². The van der Waals surface area contributed by atoms with Crippen molar-refractivity contribution in [2.24, 2.45) is 5.92 Å². The fourth-order valence-corrected chi connectivity index (χ4v) is 1.77. The van der Waals surface area contributed by atoms with Crippen LogP contribution in [-0.2, 0) is 0 Å². The Bertz CT molecular complexity index is 506. The number of hydrogen-bond donors (Lipinski definition) is 1. The van der Waals surface area contributed by atoms with Crippen LogP contribution in [0.15, 0.2) is 48.5 Å². The van der Waals surface area contributed by atoms with Gasteiger partial charge in [0.25, 0.3) is 0 Å². The Morgan fingerprint density at radius 2 is 1.78 bits per heavy atom. The van der Waals surface area contributed by atoms with E-state index in [1.165, 1.54) is 0 Å². The Kier molecular flexibility index (Phi) is 3.88. The smallest absolute Gasteiger partial charge is 0.129 e. The zero-order valence-corrected chi connectivity index (χ0v) is 10.9. The fourth-order valence-electron chi connectivity index (χ4n) is 1.77. The SMILES string of the molecule is CC(C)COc1cc(N)ccc1-c1ccccc1. The van der Waals surface area contributed by atoms with Crippen molar-refractivity contribution in [2.45, 2.75) is 13.8 Å². The summed E-state index contributed by atoms with van der Waals surface area (Å²) >= 11 is 0. The molecule has 0 unspecified atom stereocenters. The quantitative estimate of drug-likeness (QED) is 0.822. The number of anilines is 1. The summed E-state index contributed by atoms with van der Waals surface area (Å²) in [4.78, 5) is 0. The second kappa shape index (κ2) is 5.58. The van der Waals surface area contributed by atoms with Crippen molar-refractivity contribution in [3.63, 3.8) is 0 Å². The van der Waals surface area contributed by atoms with E-state index in [4.69, 9.17) is 10.5 Å². The molecule has 0 fully saturated rings. The van der Waals surface area contributed by atoms with Crippen molar-refractivity contribution >= 4 is 5.69 Å². The summed E-state index contributed by atoms with van der Waals surface area (Å²) in [6, 6.07) is 16.0. The topological polar surface area (TPSA) is 35.2 Å². The van der Waals surface area contributed by atoms with E-state index >= 15 is 0 Å². The highest BCUT2D eigenvalue weighted by Crippen LogP contribution is 2.31. The van der Waals surface area contributed by atoms with E-state index in [0.717, 1.165) is 22.6 Å². The van der Waals surface area contributed by atoms with Gasteiger partial charge in [0, 0.05) is 17.3 Å². The van der Waals surface area contributed by atoms with Crippen LogP contribution in [0.5, 0.6) is 5.75 Å². The molecule has 0 radical (unpaired) electrons. The van der Waals surface area contributed by atoms with Crippen LogP contribution in [0.1, 0.15) is 13.8 Å². The third kappa shape index (κ3) is 3.04. The molecule has 0 saturated carbocycles. The molecule has 2 rings (SSSR count). The minimum absolute atomic E-state index is 0.495. The van der Waals surface area contributed by atoms with Crippen LogP contribution < -0.4 is 10.5 Å². The van der Waals surface area contributed by atoms with Gasteiger partial charge in [-0.1, -0.05) is 44.2 Å². The third-order valence-electron chi connectivity index (χ3n) is 2.66. The normalized spacial score (nSPS) is 10.6. The summed E-state index contributed by atoms with van der Waals surface area (Å²) in [7, 11) is 0. The first-order chi connectivity index (χ1) is 8.66. The number of benzene rings is 2. The molecule has 0 heterocycles. The minimum Gasteiger partial charge on any atom is -0.493 e. The van der Waals surface area contributed by atoms with Gasteiger partial charge in [-0.15, -0.1) is 0 Å².